The van der Waals surface area contributed by atoms with Crippen molar-refractivity contribution in [2.24, 2.45) is 4.99 Å². The van der Waals surface area contributed by atoms with Crippen molar-refractivity contribution in [2.45, 2.75) is 32.1 Å². The Balaban J connectivity index is 1.64. The van der Waals surface area contributed by atoms with Crippen molar-refractivity contribution in [1.82, 2.24) is 15.1 Å². The molecule has 0 aromatic heterocycles. The first kappa shape index (κ1) is 21.7. The highest BCUT2D eigenvalue weighted by Gasteiger charge is 2.30. The molecule has 29 heavy (non-hydrogen) atoms. The number of para-hydroxylation sites is 1. The van der Waals surface area contributed by atoms with Gasteiger partial charge in [-0.1, -0.05) is 18.2 Å². The number of benzene rings is 1. The number of aliphatic imine (C=N–C) groups is 1. The molecule has 1 N–H and O–H groups in total. The summed E-state index contributed by atoms with van der Waals surface area (Å²) in [7, 11) is 0. The van der Waals surface area contributed by atoms with Crippen LogP contribution in [0.4, 0.5) is 13.2 Å². The van der Waals surface area contributed by atoms with Crippen molar-refractivity contribution in [3.63, 3.8) is 0 Å². The quantitative estimate of drug-likeness (QED) is 0.573. The van der Waals surface area contributed by atoms with Crippen LogP contribution < -0.4 is 10.1 Å². The van der Waals surface area contributed by atoms with Crippen molar-refractivity contribution in [3.8, 4) is 5.75 Å². The van der Waals surface area contributed by atoms with E-state index >= 15 is 0 Å². The fourth-order valence-corrected chi connectivity index (χ4v) is 3.70. The third-order valence-electron chi connectivity index (χ3n) is 5.12. The second kappa shape index (κ2) is 10.2. The Labute approximate surface area is 169 Å². The lowest BCUT2D eigenvalue weighted by atomic mass is 10.2. The molecule has 162 valence electrons. The molecular formula is C20H29F3N4O2. The third kappa shape index (κ3) is 6.50. The van der Waals surface area contributed by atoms with Gasteiger partial charge < -0.3 is 19.7 Å². The SMILES string of the molecule is CCNC(=NCc1ccccc1OCC(F)(F)F)N1CCC(N2CCOCC2)C1. The highest BCUT2D eigenvalue weighted by Crippen LogP contribution is 2.23. The maximum absolute atomic E-state index is 12.5. The molecule has 0 spiro atoms. The van der Waals surface area contributed by atoms with Gasteiger partial charge in [0.15, 0.2) is 12.6 Å². The summed E-state index contributed by atoms with van der Waals surface area (Å²) in [6, 6.07) is 7.22. The Hall–Kier alpha value is -2.00. The molecule has 6 nitrogen and oxygen atoms in total. The molecule has 0 saturated carbocycles. The third-order valence-corrected chi connectivity index (χ3v) is 5.12. The van der Waals surface area contributed by atoms with Gasteiger partial charge in [-0.2, -0.15) is 13.2 Å². The molecule has 0 aliphatic carbocycles. The van der Waals surface area contributed by atoms with Crippen molar-refractivity contribution < 1.29 is 22.6 Å². The number of alkyl halides is 3. The molecule has 2 aliphatic rings. The van der Waals surface area contributed by atoms with E-state index in [1.165, 1.54) is 0 Å². The molecule has 3 rings (SSSR count). The van der Waals surface area contributed by atoms with Gasteiger partial charge in [0.25, 0.3) is 0 Å². The first-order valence-electron chi connectivity index (χ1n) is 10.1. The number of hydrogen-bond donors (Lipinski definition) is 1. The van der Waals surface area contributed by atoms with Crippen LogP contribution in [0.25, 0.3) is 0 Å². The zero-order chi connectivity index (χ0) is 20.7. The van der Waals surface area contributed by atoms with Crippen LogP contribution in [0.15, 0.2) is 29.3 Å². The zero-order valence-corrected chi connectivity index (χ0v) is 16.7. The van der Waals surface area contributed by atoms with Crippen LogP contribution in [-0.4, -0.2) is 80.5 Å². The summed E-state index contributed by atoms with van der Waals surface area (Å²) in [6.07, 6.45) is -3.30. The van der Waals surface area contributed by atoms with E-state index in [1.54, 1.807) is 24.3 Å². The van der Waals surface area contributed by atoms with E-state index in [2.05, 4.69) is 20.1 Å². The molecule has 0 radical (unpaired) electrons. The lowest BCUT2D eigenvalue weighted by Gasteiger charge is -2.32. The zero-order valence-electron chi connectivity index (χ0n) is 16.7. The lowest BCUT2D eigenvalue weighted by Crippen LogP contribution is -2.46. The predicted molar refractivity (Wildman–Crippen MR) is 105 cm³/mol. The summed E-state index contributed by atoms with van der Waals surface area (Å²) < 4.78 is 47.9. The van der Waals surface area contributed by atoms with Crippen molar-refractivity contribution in [1.29, 1.82) is 0 Å². The number of hydrogen-bond acceptors (Lipinski definition) is 4. The number of morpholine rings is 1. The maximum Gasteiger partial charge on any atom is 0.422 e. The summed E-state index contributed by atoms with van der Waals surface area (Å²) >= 11 is 0. The summed E-state index contributed by atoms with van der Waals surface area (Å²) in [4.78, 5) is 9.37. The van der Waals surface area contributed by atoms with Gasteiger partial charge >= 0.3 is 6.18 Å². The van der Waals surface area contributed by atoms with Crippen LogP contribution >= 0.6 is 0 Å². The fraction of sp³-hybridized carbons (Fsp3) is 0.650. The molecule has 2 heterocycles. The number of nitrogens with zero attached hydrogens (tertiary/aromatic N) is 3. The number of likely N-dealkylation sites (tertiary alicyclic amines) is 1. The van der Waals surface area contributed by atoms with E-state index in [0.717, 1.165) is 58.3 Å². The Morgan fingerprint density at radius 1 is 1.24 bits per heavy atom. The number of rotatable bonds is 6. The summed E-state index contributed by atoms with van der Waals surface area (Å²) in [5, 5.41) is 3.31. The van der Waals surface area contributed by atoms with Gasteiger partial charge in [-0.05, 0) is 19.4 Å². The van der Waals surface area contributed by atoms with Gasteiger partial charge in [0.05, 0.1) is 19.8 Å². The number of ether oxygens (including phenoxy) is 2. The molecule has 2 aliphatic heterocycles. The van der Waals surface area contributed by atoms with Crippen molar-refractivity contribution >= 4 is 5.96 Å². The Bertz CT molecular complexity index is 678. The highest BCUT2D eigenvalue weighted by molar-refractivity contribution is 5.80. The van der Waals surface area contributed by atoms with Crippen LogP contribution in [0.1, 0.15) is 18.9 Å². The Morgan fingerprint density at radius 3 is 2.72 bits per heavy atom. The smallest absolute Gasteiger partial charge is 0.422 e. The summed E-state index contributed by atoms with van der Waals surface area (Å²) in [5.41, 5.74) is 0.635. The monoisotopic (exact) mass is 414 g/mol. The lowest BCUT2D eigenvalue weighted by molar-refractivity contribution is -0.153. The average Bonchev–Trinajstić information content (AvgIpc) is 3.20. The van der Waals surface area contributed by atoms with Gasteiger partial charge in [0, 0.05) is 44.3 Å². The summed E-state index contributed by atoms with van der Waals surface area (Å²) in [5.74, 6) is 1.01. The molecule has 0 bridgehead atoms. The van der Waals surface area contributed by atoms with E-state index in [1.807, 2.05) is 6.92 Å². The number of halogens is 3. The average molecular weight is 414 g/mol. The Kier molecular flexibility index (Phi) is 7.60. The minimum atomic E-state index is -4.37. The van der Waals surface area contributed by atoms with E-state index in [9.17, 15) is 13.2 Å². The Morgan fingerprint density at radius 2 is 2.00 bits per heavy atom. The molecular weight excluding hydrogens is 385 g/mol. The first-order chi connectivity index (χ1) is 14.0. The van der Waals surface area contributed by atoms with Crippen LogP contribution in [0.2, 0.25) is 0 Å². The van der Waals surface area contributed by atoms with E-state index in [0.29, 0.717) is 11.6 Å². The van der Waals surface area contributed by atoms with Gasteiger partial charge in [-0.3, -0.25) is 4.90 Å². The molecule has 1 aromatic rings. The number of nitrogens with one attached hydrogen (secondary N) is 1. The highest BCUT2D eigenvalue weighted by atomic mass is 19.4. The molecule has 1 unspecified atom stereocenters. The second-order valence-electron chi connectivity index (χ2n) is 7.22. The molecule has 1 aromatic carbocycles. The standard InChI is InChI=1S/C20H29F3N4O2/c1-2-24-19(27-8-7-17(14-27)26-9-11-28-12-10-26)25-13-16-5-3-4-6-18(16)29-15-20(21,22)23/h3-6,17H,2,7-15H2,1H3,(H,24,25). The number of guanidine groups is 1. The first-order valence-corrected chi connectivity index (χ1v) is 10.1. The second-order valence-corrected chi connectivity index (χ2v) is 7.22. The van der Waals surface area contributed by atoms with Crippen LogP contribution in [0.3, 0.4) is 0 Å². The largest absolute Gasteiger partial charge is 0.484 e. The van der Waals surface area contributed by atoms with Gasteiger partial charge in [-0.25, -0.2) is 4.99 Å². The van der Waals surface area contributed by atoms with E-state index in [4.69, 9.17) is 9.47 Å². The van der Waals surface area contributed by atoms with Crippen LogP contribution in [-0.2, 0) is 11.3 Å². The fourth-order valence-electron chi connectivity index (χ4n) is 3.70. The van der Waals surface area contributed by atoms with Crippen molar-refractivity contribution in [3.05, 3.63) is 29.8 Å². The van der Waals surface area contributed by atoms with Crippen molar-refractivity contribution in [2.75, 3.05) is 52.5 Å². The topological polar surface area (TPSA) is 49.3 Å². The maximum atomic E-state index is 12.5. The van der Waals surface area contributed by atoms with Crippen LogP contribution in [0, 0.1) is 0 Å². The van der Waals surface area contributed by atoms with Gasteiger partial charge in [0.2, 0.25) is 0 Å². The molecule has 1 atom stereocenters. The van der Waals surface area contributed by atoms with E-state index < -0.39 is 12.8 Å². The predicted octanol–water partition coefficient (Wildman–Crippen LogP) is 2.50. The molecule has 9 heteroatoms. The van der Waals surface area contributed by atoms with E-state index in [-0.39, 0.29) is 12.3 Å². The minimum absolute atomic E-state index is 0.219. The van der Waals surface area contributed by atoms with Crippen LogP contribution in [0.5, 0.6) is 5.75 Å². The molecule has 2 saturated heterocycles. The molecule has 2 fully saturated rings. The van der Waals surface area contributed by atoms with Gasteiger partial charge in [0.1, 0.15) is 5.75 Å². The normalized spacial score (nSPS) is 21.4. The summed E-state index contributed by atoms with van der Waals surface area (Å²) in [6.45, 7) is 6.94. The molecule has 0 amide bonds. The van der Waals surface area contributed by atoms with Gasteiger partial charge in [-0.15, -0.1) is 0 Å². The minimum Gasteiger partial charge on any atom is -0.484 e.